The van der Waals surface area contributed by atoms with Crippen molar-refractivity contribution in [3.05, 3.63) is 0 Å². The molecule has 1 aliphatic heterocycles. The Hall–Kier alpha value is 0.0700. The molecule has 1 saturated heterocycles. The Morgan fingerprint density at radius 1 is 1.44 bits per heavy atom. The molecular weight excluding hydrogens is 268 g/mol. The van der Waals surface area contributed by atoms with E-state index in [-0.39, 0.29) is 23.9 Å². The largest absolute Gasteiger partial charge is 0.342 e. The average molecular weight is 295 g/mol. The molecule has 3 nitrogen and oxygen atoms in total. The Bertz CT molecular complexity index is 261. The second-order valence-corrected chi connectivity index (χ2v) is 6.63. The third-order valence-corrected chi connectivity index (χ3v) is 4.35. The molecule has 0 aromatic heterocycles. The third kappa shape index (κ3) is 5.37. The number of thioether (sulfide) groups is 1. The van der Waals surface area contributed by atoms with Gasteiger partial charge in [0.15, 0.2) is 0 Å². The van der Waals surface area contributed by atoms with E-state index in [1.165, 1.54) is 0 Å². The first-order valence-electron chi connectivity index (χ1n) is 6.49. The maximum Gasteiger partial charge on any atom is 0.222 e. The van der Waals surface area contributed by atoms with E-state index in [0.717, 1.165) is 38.1 Å². The number of amides is 1. The molecule has 1 rings (SSSR count). The normalized spacial score (nSPS) is 22.4. The summed E-state index contributed by atoms with van der Waals surface area (Å²) in [5.41, 5.74) is 6.14. The van der Waals surface area contributed by atoms with Crippen molar-refractivity contribution in [3.63, 3.8) is 0 Å². The van der Waals surface area contributed by atoms with Crippen molar-refractivity contribution in [2.45, 2.75) is 45.6 Å². The number of nitrogens with two attached hydrogens (primary N) is 1. The zero-order chi connectivity index (χ0) is 12.9. The minimum absolute atomic E-state index is 0. The van der Waals surface area contributed by atoms with Crippen LogP contribution in [0.3, 0.4) is 0 Å². The summed E-state index contributed by atoms with van der Waals surface area (Å²) in [4.78, 5) is 14.0. The minimum Gasteiger partial charge on any atom is -0.342 e. The van der Waals surface area contributed by atoms with E-state index in [9.17, 15) is 4.79 Å². The van der Waals surface area contributed by atoms with E-state index in [4.69, 9.17) is 5.73 Å². The molecule has 0 radical (unpaired) electrons. The van der Waals surface area contributed by atoms with Crippen molar-refractivity contribution in [3.8, 4) is 0 Å². The van der Waals surface area contributed by atoms with E-state index >= 15 is 0 Å². The van der Waals surface area contributed by atoms with Gasteiger partial charge in [0.05, 0.1) is 0 Å². The Morgan fingerprint density at radius 3 is 2.67 bits per heavy atom. The van der Waals surface area contributed by atoms with Gasteiger partial charge in [0.25, 0.3) is 0 Å². The highest BCUT2D eigenvalue weighted by Crippen LogP contribution is 2.28. The van der Waals surface area contributed by atoms with Gasteiger partial charge >= 0.3 is 0 Å². The Labute approximate surface area is 122 Å². The van der Waals surface area contributed by atoms with Crippen LogP contribution in [0.2, 0.25) is 0 Å². The van der Waals surface area contributed by atoms with Gasteiger partial charge in [-0.1, -0.05) is 13.8 Å². The standard InChI is InChI=1S/C13H26N2OS.ClH/c1-13(2)10-15(8-7-11(13)14)12(16)6-4-5-9-17-3;/h11H,4-10,14H2,1-3H3;1H. The van der Waals surface area contributed by atoms with Gasteiger partial charge in [-0.3, -0.25) is 4.79 Å². The first-order chi connectivity index (χ1) is 7.97. The number of likely N-dealkylation sites (tertiary alicyclic amines) is 1. The maximum atomic E-state index is 12.0. The summed E-state index contributed by atoms with van der Waals surface area (Å²) in [6, 6.07) is 0.225. The van der Waals surface area contributed by atoms with Gasteiger partial charge in [-0.05, 0) is 36.7 Å². The molecule has 108 valence electrons. The predicted molar refractivity (Wildman–Crippen MR) is 82.4 cm³/mol. The summed E-state index contributed by atoms with van der Waals surface area (Å²) in [5.74, 6) is 1.47. The second kappa shape index (κ2) is 8.28. The van der Waals surface area contributed by atoms with Crippen molar-refractivity contribution in [2.24, 2.45) is 11.1 Å². The summed E-state index contributed by atoms with van der Waals surface area (Å²) in [6.07, 6.45) is 5.90. The third-order valence-electron chi connectivity index (χ3n) is 3.65. The van der Waals surface area contributed by atoms with Crippen LogP contribution >= 0.6 is 24.2 Å². The molecule has 1 amide bonds. The van der Waals surface area contributed by atoms with Gasteiger partial charge in [-0.2, -0.15) is 11.8 Å². The molecule has 1 atom stereocenters. The number of halogens is 1. The smallest absolute Gasteiger partial charge is 0.222 e. The number of hydrogen-bond donors (Lipinski definition) is 1. The first-order valence-corrected chi connectivity index (χ1v) is 7.89. The van der Waals surface area contributed by atoms with Crippen LogP contribution in [0.1, 0.15) is 39.5 Å². The minimum atomic E-state index is 0. The van der Waals surface area contributed by atoms with Crippen LogP contribution in [0, 0.1) is 5.41 Å². The van der Waals surface area contributed by atoms with Gasteiger partial charge in [-0.15, -0.1) is 12.4 Å². The molecule has 0 aromatic carbocycles. The fourth-order valence-corrected chi connectivity index (χ4v) is 2.76. The number of unbranched alkanes of at least 4 members (excludes halogenated alkanes) is 1. The van der Waals surface area contributed by atoms with Gasteiger partial charge in [-0.25, -0.2) is 0 Å². The van der Waals surface area contributed by atoms with E-state index in [0.29, 0.717) is 12.3 Å². The molecule has 1 fully saturated rings. The average Bonchev–Trinajstić information content (AvgIpc) is 2.28. The lowest BCUT2D eigenvalue weighted by atomic mass is 9.79. The van der Waals surface area contributed by atoms with E-state index in [2.05, 4.69) is 20.1 Å². The topological polar surface area (TPSA) is 46.3 Å². The second-order valence-electron chi connectivity index (χ2n) is 5.65. The Balaban J connectivity index is 0.00000289. The van der Waals surface area contributed by atoms with Crippen molar-refractivity contribution in [1.82, 2.24) is 4.90 Å². The van der Waals surface area contributed by atoms with Gasteiger partial charge in [0, 0.05) is 25.6 Å². The van der Waals surface area contributed by atoms with Crippen molar-refractivity contribution in [2.75, 3.05) is 25.1 Å². The molecular formula is C13H27ClN2OS. The highest BCUT2D eigenvalue weighted by Gasteiger charge is 2.34. The molecule has 2 N–H and O–H groups in total. The number of piperidine rings is 1. The molecule has 0 aliphatic carbocycles. The Morgan fingerprint density at radius 2 is 2.11 bits per heavy atom. The summed E-state index contributed by atoms with van der Waals surface area (Å²) in [7, 11) is 0. The molecule has 5 heteroatoms. The fourth-order valence-electron chi connectivity index (χ4n) is 2.27. The van der Waals surface area contributed by atoms with E-state index in [1.807, 2.05) is 16.7 Å². The number of hydrogen-bond acceptors (Lipinski definition) is 3. The highest BCUT2D eigenvalue weighted by molar-refractivity contribution is 7.98. The number of nitrogens with zero attached hydrogens (tertiary/aromatic N) is 1. The molecule has 18 heavy (non-hydrogen) atoms. The van der Waals surface area contributed by atoms with Crippen molar-refractivity contribution in [1.29, 1.82) is 0 Å². The monoisotopic (exact) mass is 294 g/mol. The van der Waals surface area contributed by atoms with Crippen LogP contribution < -0.4 is 5.73 Å². The fraction of sp³-hybridized carbons (Fsp3) is 0.923. The quantitative estimate of drug-likeness (QED) is 0.793. The van der Waals surface area contributed by atoms with E-state index in [1.54, 1.807) is 0 Å². The predicted octanol–water partition coefficient (Wildman–Crippen LogP) is 2.53. The van der Waals surface area contributed by atoms with Gasteiger partial charge < -0.3 is 10.6 Å². The summed E-state index contributed by atoms with van der Waals surface area (Å²) < 4.78 is 0. The van der Waals surface area contributed by atoms with Crippen molar-refractivity contribution < 1.29 is 4.79 Å². The number of carbonyl (C=O) groups is 1. The molecule has 0 saturated carbocycles. The molecule has 1 heterocycles. The van der Waals surface area contributed by atoms with Crippen LogP contribution in [-0.4, -0.2) is 41.9 Å². The number of rotatable bonds is 5. The lowest BCUT2D eigenvalue weighted by molar-refractivity contribution is -0.134. The Kier molecular flexibility index (Phi) is 8.31. The van der Waals surface area contributed by atoms with Gasteiger partial charge in [0.2, 0.25) is 5.91 Å². The summed E-state index contributed by atoms with van der Waals surface area (Å²) >= 11 is 1.85. The number of carbonyl (C=O) groups excluding carboxylic acids is 1. The van der Waals surface area contributed by atoms with Crippen molar-refractivity contribution >= 4 is 30.1 Å². The zero-order valence-electron chi connectivity index (χ0n) is 11.8. The van der Waals surface area contributed by atoms with Crippen LogP contribution in [0.4, 0.5) is 0 Å². The molecule has 1 aliphatic rings. The lowest BCUT2D eigenvalue weighted by Crippen LogP contribution is -2.53. The van der Waals surface area contributed by atoms with Crippen LogP contribution in [-0.2, 0) is 4.79 Å². The van der Waals surface area contributed by atoms with Crippen LogP contribution in [0.15, 0.2) is 0 Å². The molecule has 0 spiro atoms. The molecule has 0 bridgehead atoms. The first kappa shape index (κ1) is 18.1. The summed E-state index contributed by atoms with van der Waals surface area (Å²) in [6.45, 7) is 5.97. The van der Waals surface area contributed by atoms with Crippen LogP contribution in [0.25, 0.3) is 0 Å². The molecule has 1 unspecified atom stereocenters. The highest BCUT2D eigenvalue weighted by atomic mass is 35.5. The van der Waals surface area contributed by atoms with E-state index < -0.39 is 0 Å². The zero-order valence-corrected chi connectivity index (χ0v) is 13.4. The SMILES string of the molecule is CSCCCCC(=O)N1CCC(N)C(C)(C)C1.Cl. The molecule has 0 aromatic rings. The maximum absolute atomic E-state index is 12.0. The van der Waals surface area contributed by atoms with Gasteiger partial charge in [0.1, 0.15) is 0 Å². The lowest BCUT2D eigenvalue weighted by Gasteiger charge is -2.42. The van der Waals surface area contributed by atoms with Crippen LogP contribution in [0.5, 0.6) is 0 Å². The summed E-state index contributed by atoms with van der Waals surface area (Å²) in [5, 5.41) is 0.